The van der Waals surface area contributed by atoms with E-state index in [-0.39, 0.29) is 11.6 Å². The van der Waals surface area contributed by atoms with Crippen LogP contribution in [-0.4, -0.2) is 12.0 Å². The Bertz CT molecular complexity index is 760. The monoisotopic (exact) mass is 243 g/mol. The molecular formula is C13H9NO4. The first kappa shape index (κ1) is 10.6. The highest BCUT2D eigenvalue weighted by atomic mass is 16.7. The third kappa shape index (κ3) is 1.34. The van der Waals surface area contributed by atoms with E-state index in [1.54, 1.807) is 6.07 Å². The number of rotatable bonds is 2. The van der Waals surface area contributed by atoms with Crippen molar-refractivity contribution in [2.24, 2.45) is 0 Å². The van der Waals surface area contributed by atoms with Crippen molar-refractivity contribution in [1.29, 1.82) is 0 Å². The van der Waals surface area contributed by atoms with Crippen LogP contribution in [0.15, 0.2) is 40.8 Å². The van der Waals surface area contributed by atoms with E-state index < -0.39 is 4.92 Å². The quantitative estimate of drug-likeness (QED) is 0.510. The number of fused-ring (bicyclic) bond motifs is 3. The average molecular weight is 243 g/mol. The number of hydrogen-bond donors (Lipinski definition) is 0. The van der Waals surface area contributed by atoms with Crippen LogP contribution in [0, 0.1) is 10.1 Å². The van der Waals surface area contributed by atoms with Gasteiger partial charge >= 0.3 is 5.88 Å². The third-order valence-corrected chi connectivity index (χ3v) is 2.89. The highest BCUT2D eigenvalue weighted by Crippen LogP contribution is 2.41. The molecule has 1 aromatic heterocycles. The fraction of sp³-hybridized carbons (Fsp3) is 0.0769. The summed E-state index contributed by atoms with van der Waals surface area (Å²) in [5, 5.41) is 13.3. The zero-order valence-corrected chi connectivity index (χ0v) is 9.54. The highest BCUT2D eigenvalue weighted by Gasteiger charge is 2.25. The second-order valence-corrected chi connectivity index (χ2v) is 3.86. The van der Waals surface area contributed by atoms with Gasteiger partial charge in [-0.2, -0.15) is 0 Å². The molecule has 0 saturated carbocycles. The van der Waals surface area contributed by atoms with Gasteiger partial charge in [0.05, 0.1) is 12.5 Å². The molecule has 0 bridgehead atoms. The largest absolute Gasteiger partial charge is 0.487 e. The second kappa shape index (κ2) is 3.73. The van der Waals surface area contributed by atoms with E-state index in [1.165, 1.54) is 7.11 Å². The smallest absolute Gasteiger partial charge is 0.476 e. The van der Waals surface area contributed by atoms with Gasteiger partial charge in [-0.1, -0.05) is 30.3 Å². The fourth-order valence-corrected chi connectivity index (χ4v) is 2.11. The first-order chi connectivity index (χ1) is 8.72. The topological polar surface area (TPSA) is 65.5 Å². The molecule has 0 amide bonds. The third-order valence-electron chi connectivity index (χ3n) is 2.89. The molecular weight excluding hydrogens is 234 g/mol. The molecule has 0 aliphatic carbocycles. The van der Waals surface area contributed by atoms with Gasteiger partial charge in [0.1, 0.15) is 4.92 Å². The van der Waals surface area contributed by atoms with Crippen molar-refractivity contribution in [3.63, 3.8) is 0 Å². The maximum absolute atomic E-state index is 10.9. The summed E-state index contributed by atoms with van der Waals surface area (Å²) < 4.78 is 10.4. The summed E-state index contributed by atoms with van der Waals surface area (Å²) in [7, 11) is 1.40. The van der Waals surface area contributed by atoms with E-state index in [0.29, 0.717) is 11.0 Å². The maximum atomic E-state index is 10.9. The SMILES string of the molecule is COc1c([N+](=O)[O-])oc2c1ccc1ccccc12. The van der Waals surface area contributed by atoms with Crippen LogP contribution < -0.4 is 4.74 Å². The fourth-order valence-electron chi connectivity index (χ4n) is 2.11. The molecule has 0 unspecified atom stereocenters. The lowest BCUT2D eigenvalue weighted by atomic mass is 10.1. The zero-order valence-electron chi connectivity index (χ0n) is 9.54. The van der Waals surface area contributed by atoms with Crippen molar-refractivity contribution in [1.82, 2.24) is 0 Å². The molecule has 0 fully saturated rings. The normalized spacial score (nSPS) is 10.9. The first-order valence-electron chi connectivity index (χ1n) is 5.35. The Morgan fingerprint density at radius 2 is 1.94 bits per heavy atom. The van der Waals surface area contributed by atoms with Crippen molar-refractivity contribution in [2.75, 3.05) is 7.11 Å². The van der Waals surface area contributed by atoms with Gasteiger partial charge in [-0.25, -0.2) is 0 Å². The van der Waals surface area contributed by atoms with Crippen LogP contribution in [0.25, 0.3) is 21.7 Å². The number of nitrogens with zero attached hydrogens (tertiary/aromatic N) is 1. The summed E-state index contributed by atoms with van der Waals surface area (Å²) in [6.45, 7) is 0. The Labute approximate surface area is 102 Å². The van der Waals surface area contributed by atoms with Crippen molar-refractivity contribution in [3.05, 3.63) is 46.5 Å². The summed E-state index contributed by atoms with van der Waals surface area (Å²) in [5.41, 5.74) is 0.483. The van der Waals surface area contributed by atoms with Gasteiger partial charge in [-0.05, 0) is 11.5 Å². The second-order valence-electron chi connectivity index (χ2n) is 3.86. The molecule has 1 heterocycles. The van der Waals surface area contributed by atoms with Gasteiger partial charge in [0.25, 0.3) is 0 Å². The molecule has 0 spiro atoms. The van der Waals surface area contributed by atoms with Gasteiger partial charge in [0.15, 0.2) is 5.58 Å². The van der Waals surface area contributed by atoms with E-state index in [2.05, 4.69) is 0 Å². The predicted molar refractivity (Wildman–Crippen MR) is 66.9 cm³/mol. The lowest BCUT2D eigenvalue weighted by Gasteiger charge is -1.97. The summed E-state index contributed by atoms with van der Waals surface area (Å²) >= 11 is 0. The maximum Gasteiger partial charge on any atom is 0.476 e. The van der Waals surface area contributed by atoms with Gasteiger partial charge in [-0.3, -0.25) is 10.1 Å². The van der Waals surface area contributed by atoms with Crippen LogP contribution in [0.4, 0.5) is 5.88 Å². The Balaban J connectivity index is 2.49. The Hall–Kier alpha value is -2.56. The Morgan fingerprint density at radius 3 is 2.67 bits per heavy atom. The lowest BCUT2D eigenvalue weighted by molar-refractivity contribution is -0.402. The Morgan fingerprint density at radius 1 is 1.17 bits per heavy atom. The van der Waals surface area contributed by atoms with Crippen molar-refractivity contribution in [3.8, 4) is 5.75 Å². The minimum Gasteiger partial charge on any atom is -0.487 e. The molecule has 0 saturated heterocycles. The molecule has 0 radical (unpaired) electrons. The predicted octanol–water partition coefficient (Wildman–Crippen LogP) is 3.50. The lowest BCUT2D eigenvalue weighted by Crippen LogP contribution is -1.89. The van der Waals surface area contributed by atoms with Crippen molar-refractivity contribution >= 4 is 27.6 Å². The van der Waals surface area contributed by atoms with Crippen LogP contribution in [0.3, 0.4) is 0 Å². The average Bonchev–Trinajstić information content (AvgIpc) is 2.77. The molecule has 3 rings (SSSR count). The molecule has 0 aliphatic heterocycles. The summed E-state index contributed by atoms with van der Waals surface area (Å²) in [5.74, 6) is -0.190. The van der Waals surface area contributed by atoms with Gasteiger partial charge in [0, 0.05) is 5.39 Å². The molecule has 0 N–H and O–H groups in total. The molecule has 90 valence electrons. The molecule has 5 nitrogen and oxygen atoms in total. The zero-order chi connectivity index (χ0) is 12.7. The van der Waals surface area contributed by atoms with Gasteiger partial charge in [-0.15, -0.1) is 0 Å². The first-order valence-corrected chi connectivity index (χ1v) is 5.35. The van der Waals surface area contributed by atoms with E-state index in [1.807, 2.05) is 30.3 Å². The molecule has 0 atom stereocenters. The summed E-state index contributed by atoms with van der Waals surface area (Å²) in [6, 6.07) is 11.2. The number of furan rings is 1. The molecule has 18 heavy (non-hydrogen) atoms. The van der Waals surface area contributed by atoms with Crippen LogP contribution in [-0.2, 0) is 0 Å². The van der Waals surface area contributed by atoms with Crippen LogP contribution in [0.2, 0.25) is 0 Å². The number of hydrogen-bond acceptors (Lipinski definition) is 4. The van der Waals surface area contributed by atoms with E-state index in [9.17, 15) is 10.1 Å². The number of nitro groups is 1. The minimum absolute atomic E-state index is 0.167. The molecule has 0 aliphatic rings. The van der Waals surface area contributed by atoms with Crippen molar-refractivity contribution in [2.45, 2.75) is 0 Å². The summed E-state index contributed by atoms with van der Waals surface area (Å²) in [6.07, 6.45) is 0. The van der Waals surface area contributed by atoms with Crippen LogP contribution in [0.5, 0.6) is 5.75 Å². The molecule has 5 heteroatoms. The van der Waals surface area contributed by atoms with Gasteiger partial charge in [0.2, 0.25) is 5.75 Å². The van der Waals surface area contributed by atoms with Crippen LogP contribution in [0.1, 0.15) is 0 Å². The number of benzene rings is 2. The van der Waals surface area contributed by atoms with Crippen LogP contribution >= 0.6 is 0 Å². The molecule has 2 aromatic carbocycles. The van der Waals surface area contributed by atoms with E-state index in [0.717, 1.165) is 10.8 Å². The summed E-state index contributed by atoms with van der Waals surface area (Å²) in [4.78, 5) is 10.3. The number of ether oxygens (including phenoxy) is 1. The van der Waals surface area contributed by atoms with E-state index in [4.69, 9.17) is 9.15 Å². The van der Waals surface area contributed by atoms with Crippen molar-refractivity contribution < 1.29 is 14.1 Å². The standard InChI is InChI=1S/C13H9NO4/c1-17-12-10-7-6-8-4-2-3-5-9(8)11(10)18-13(12)14(15)16/h2-7H,1H3. The number of methoxy groups -OCH3 is 1. The highest BCUT2D eigenvalue weighted by molar-refractivity contribution is 6.07. The Kier molecular flexibility index (Phi) is 2.19. The van der Waals surface area contributed by atoms with E-state index >= 15 is 0 Å². The molecule has 3 aromatic rings. The minimum atomic E-state index is -0.576. The van der Waals surface area contributed by atoms with Gasteiger partial charge < -0.3 is 9.15 Å².